The van der Waals surface area contributed by atoms with Gasteiger partial charge in [-0.2, -0.15) is 0 Å². The van der Waals surface area contributed by atoms with Gasteiger partial charge in [0, 0.05) is 18.1 Å². The molecule has 1 unspecified atom stereocenters. The maximum absolute atomic E-state index is 6.25. The minimum Gasteiger partial charge on any atom is -0.381 e. The summed E-state index contributed by atoms with van der Waals surface area (Å²) in [7, 11) is 0. The average molecular weight is 354 g/mol. The SMILES string of the molecule is Clc1nc(C2CCCOC2)nc(-c2ccccc2)c1Br. The van der Waals surface area contributed by atoms with Gasteiger partial charge in [-0.25, -0.2) is 9.97 Å². The first-order valence-electron chi connectivity index (χ1n) is 6.62. The summed E-state index contributed by atoms with van der Waals surface area (Å²) in [4.78, 5) is 9.11. The van der Waals surface area contributed by atoms with Crippen LogP contribution in [0.1, 0.15) is 24.6 Å². The second-order valence-electron chi connectivity index (χ2n) is 4.82. The van der Waals surface area contributed by atoms with Crippen LogP contribution < -0.4 is 0 Å². The maximum Gasteiger partial charge on any atom is 0.147 e. The first-order valence-corrected chi connectivity index (χ1v) is 7.79. The molecule has 1 aromatic heterocycles. The van der Waals surface area contributed by atoms with Crippen molar-refractivity contribution in [3.05, 3.63) is 45.8 Å². The van der Waals surface area contributed by atoms with Gasteiger partial charge in [0.25, 0.3) is 0 Å². The lowest BCUT2D eigenvalue weighted by molar-refractivity contribution is 0.0781. The molecular formula is C15H14BrClN2O. The summed E-state index contributed by atoms with van der Waals surface area (Å²) in [5, 5.41) is 0.458. The molecule has 1 aliphatic heterocycles. The molecule has 1 aliphatic rings. The first kappa shape index (κ1) is 14.0. The van der Waals surface area contributed by atoms with Crippen molar-refractivity contribution in [1.29, 1.82) is 0 Å². The Morgan fingerprint density at radius 2 is 2.00 bits per heavy atom. The maximum atomic E-state index is 6.25. The van der Waals surface area contributed by atoms with E-state index < -0.39 is 0 Å². The largest absolute Gasteiger partial charge is 0.381 e. The smallest absolute Gasteiger partial charge is 0.147 e. The van der Waals surface area contributed by atoms with Crippen LogP contribution in [0.15, 0.2) is 34.8 Å². The highest BCUT2D eigenvalue weighted by Gasteiger charge is 2.22. The summed E-state index contributed by atoms with van der Waals surface area (Å²) in [6.07, 6.45) is 2.09. The van der Waals surface area contributed by atoms with Crippen LogP contribution in [0.4, 0.5) is 0 Å². The van der Waals surface area contributed by atoms with Crippen LogP contribution in [0.5, 0.6) is 0 Å². The molecule has 0 saturated carbocycles. The van der Waals surface area contributed by atoms with E-state index in [1.807, 2.05) is 30.3 Å². The number of aromatic nitrogens is 2. The summed E-state index contributed by atoms with van der Waals surface area (Å²) >= 11 is 9.74. The summed E-state index contributed by atoms with van der Waals surface area (Å²) in [5.41, 5.74) is 1.87. The van der Waals surface area contributed by atoms with Gasteiger partial charge in [-0.3, -0.25) is 0 Å². The molecule has 2 heterocycles. The predicted octanol–water partition coefficient (Wildman–Crippen LogP) is 4.45. The van der Waals surface area contributed by atoms with Crippen LogP contribution in [0.2, 0.25) is 5.15 Å². The van der Waals surface area contributed by atoms with Gasteiger partial charge in [0.2, 0.25) is 0 Å². The Bertz CT molecular complexity index is 600. The first-order chi connectivity index (χ1) is 9.75. The lowest BCUT2D eigenvalue weighted by atomic mass is 10.0. The molecule has 3 rings (SSSR count). The van der Waals surface area contributed by atoms with E-state index in [9.17, 15) is 0 Å². The molecule has 3 nitrogen and oxygen atoms in total. The topological polar surface area (TPSA) is 35.0 Å². The lowest BCUT2D eigenvalue weighted by Crippen LogP contribution is -2.18. The molecule has 5 heteroatoms. The molecule has 1 saturated heterocycles. The van der Waals surface area contributed by atoms with E-state index >= 15 is 0 Å². The summed E-state index contributed by atoms with van der Waals surface area (Å²) < 4.78 is 6.26. The Morgan fingerprint density at radius 1 is 1.20 bits per heavy atom. The zero-order chi connectivity index (χ0) is 13.9. The number of ether oxygens (including phenoxy) is 1. The van der Waals surface area contributed by atoms with Crippen LogP contribution in [-0.4, -0.2) is 23.2 Å². The quantitative estimate of drug-likeness (QED) is 0.748. The fourth-order valence-electron chi connectivity index (χ4n) is 2.35. The van der Waals surface area contributed by atoms with Crippen molar-refractivity contribution in [3.8, 4) is 11.3 Å². The van der Waals surface area contributed by atoms with Crippen molar-refractivity contribution in [2.75, 3.05) is 13.2 Å². The average Bonchev–Trinajstić information content (AvgIpc) is 2.51. The molecular weight excluding hydrogens is 340 g/mol. The van der Waals surface area contributed by atoms with Crippen LogP contribution in [0.3, 0.4) is 0 Å². The van der Waals surface area contributed by atoms with E-state index in [0.717, 1.165) is 41.0 Å². The molecule has 20 heavy (non-hydrogen) atoms. The molecule has 0 bridgehead atoms. The summed E-state index contributed by atoms with van der Waals surface area (Å²) in [5.74, 6) is 1.01. The molecule has 0 spiro atoms. The molecule has 0 radical (unpaired) electrons. The van der Waals surface area contributed by atoms with E-state index in [1.54, 1.807) is 0 Å². The molecule has 0 N–H and O–H groups in total. The summed E-state index contributed by atoms with van der Waals surface area (Å²) in [6.45, 7) is 1.50. The number of benzene rings is 1. The molecule has 1 atom stereocenters. The number of hydrogen-bond donors (Lipinski definition) is 0. The van der Waals surface area contributed by atoms with E-state index in [1.165, 1.54) is 0 Å². The zero-order valence-electron chi connectivity index (χ0n) is 10.9. The van der Waals surface area contributed by atoms with E-state index in [-0.39, 0.29) is 5.92 Å². The third kappa shape index (κ3) is 2.87. The summed E-state index contributed by atoms with van der Waals surface area (Å²) in [6, 6.07) is 9.99. The molecule has 2 aromatic rings. The van der Waals surface area contributed by atoms with Crippen LogP contribution in [0.25, 0.3) is 11.3 Å². The van der Waals surface area contributed by atoms with Gasteiger partial charge in [-0.1, -0.05) is 41.9 Å². The van der Waals surface area contributed by atoms with Gasteiger partial charge >= 0.3 is 0 Å². The molecule has 1 fully saturated rings. The van der Waals surface area contributed by atoms with Crippen LogP contribution in [0, 0.1) is 0 Å². The number of rotatable bonds is 2. The Kier molecular flexibility index (Phi) is 4.34. The van der Waals surface area contributed by atoms with Crippen molar-refractivity contribution in [2.45, 2.75) is 18.8 Å². The third-order valence-corrected chi connectivity index (χ3v) is 4.65. The Morgan fingerprint density at radius 3 is 2.70 bits per heavy atom. The highest BCUT2D eigenvalue weighted by Crippen LogP contribution is 2.34. The van der Waals surface area contributed by atoms with Gasteiger partial charge in [0.1, 0.15) is 11.0 Å². The van der Waals surface area contributed by atoms with Crippen molar-refractivity contribution in [3.63, 3.8) is 0 Å². The molecule has 0 aliphatic carbocycles. The highest BCUT2D eigenvalue weighted by atomic mass is 79.9. The number of hydrogen-bond acceptors (Lipinski definition) is 3. The van der Waals surface area contributed by atoms with E-state index in [0.29, 0.717) is 11.8 Å². The van der Waals surface area contributed by atoms with E-state index in [4.69, 9.17) is 21.3 Å². The van der Waals surface area contributed by atoms with Crippen LogP contribution >= 0.6 is 27.5 Å². The normalized spacial score (nSPS) is 19.0. The third-order valence-electron chi connectivity index (χ3n) is 3.40. The van der Waals surface area contributed by atoms with Gasteiger partial charge in [-0.05, 0) is 28.8 Å². The fourth-order valence-corrected chi connectivity index (χ4v) is 2.93. The van der Waals surface area contributed by atoms with Crippen molar-refractivity contribution < 1.29 is 4.74 Å². The zero-order valence-corrected chi connectivity index (χ0v) is 13.2. The second-order valence-corrected chi connectivity index (χ2v) is 5.97. The van der Waals surface area contributed by atoms with E-state index in [2.05, 4.69) is 20.9 Å². The molecule has 104 valence electrons. The predicted molar refractivity (Wildman–Crippen MR) is 83.0 cm³/mol. The van der Waals surface area contributed by atoms with Gasteiger partial charge < -0.3 is 4.74 Å². The van der Waals surface area contributed by atoms with Crippen molar-refractivity contribution >= 4 is 27.5 Å². The standard InChI is InChI=1S/C15H14BrClN2O/c16-12-13(10-5-2-1-3-6-10)18-15(19-14(12)17)11-7-4-8-20-9-11/h1-3,5-6,11H,4,7-9H2. The monoisotopic (exact) mass is 352 g/mol. The lowest BCUT2D eigenvalue weighted by Gasteiger charge is -2.21. The van der Waals surface area contributed by atoms with Gasteiger partial charge in [-0.15, -0.1) is 0 Å². The minimum absolute atomic E-state index is 0.233. The van der Waals surface area contributed by atoms with Gasteiger partial charge in [0.05, 0.1) is 16.8 Å². The fraction of sp³-hybridized carbons (Fsp3) is 0.333. The number of halogens is 2. The Labute approximate surface area is 131 Å². The molecule has 1 aromatic carbocycles. The number of nitrogens with zero attached hydrogens (tertiary/aromatic N) is 2. The van der Waals surface area contributed by atoms with Crippen LogP contribution in [-0.2, 0) is 4.74 Å². The minimum atomic E-state index is 0.233. The van der Waals surface area contributed by atoms with Gasteiger partial charge in [0.15, 0.2) is 0 Å². The Balaban J connectivity index is 2.03. The van der Waals surface area contributed by atoms with Crippen molar-refractivity contribution in [2.24, 2.45) is 0 Å². The second kappa shape index (κ2) is 6.20. The molecule has 0 amide bonds. The van der Waals surface area contributed by atoms with Crippen molar-refractivity contribution in [1.82, 2.24) is 9.97 Å². The highest BCUT2D eigenvalue weighted by molar-refractivity contribution is 9.10. The Hall–Kier alpha value is -0.970.